The molecule has 1 aliphatic heterocycles. The molecule has 0 spiro atoms. The van der Waals surface area contributed by atoms with Crippen LogP contribution in [0.5, 0.6) is 0 Å². The van der Waals surface area contributed by atoms with E-state index >= 15 is 0 Å². The standard InChI is InChI=1S/C26H25N5O/c1-18-3-5-20(6-4-18)26(12-2-13-26)21-7-9-22(10-8-21)31-14-11-19-15-27-24(30-23(19)16-31)25-28-17-29-32-25/h3-10,15,17H,2,11-14,16H2,1H3. The molecule has 0 amide bonds. The van der Waals surface area contributed by atoms with Crippen molar-refractivity contribution in [1.29, 1.82) is 0 Å². The van der Waals surface area contributed by atoms with Crippen LogP contribution in [0.25, 0.3) is 11.7 Å². The van der Waals surface area contributed by atoms with Gasteiger partial charge in [-0.05, 0) is 55.0 Å². The van der Waals surface area contributed by atoms with Crippen molar-refractivity contribution in [2.24, 2.45) is 0 Å². The van der Waals surface area contributed by atoms with Crippen molar-refractivity contribution < 1.29 is 4.52 Å². The molecule has 2 aromatic heterocycles. The summed E-state index contributed by atoms with van der Waals surface area (Å²) in [7, 11) is 0. The lowest BCUT2D eigenvalue weighted by atomic mass is 9.60. The van der Waals surface area contributed by atoms with Crippen LogP contribution in [0.15, 0.2) is 65.6 Å². The summed E-state index contributed by atoms with van der Waals surface area (Å²) in [5.74, 6) is 0.847. The Bertz CT molecular complexity index is 1230. The van der Waals surface area contributed by atoms with Gasteiger partial charge in [0, 0.05) is 23.8 Å². The molecular formula is C26H25N5O. The molecule has 3 heterocycles. The van der Waals surface area contributed by atoms with Gasteiger partial charge < -0.3 is 9.42 Å². The van der Waals surface area contributed by atoms with Gasteiger partial charge >= 0.3 is 0 Å². The van der Waals surface area contributed by atoms with Crippen molar-refractivity contribution in [1.82, 2.24) is 20.1 Å². The highest BCUT2D eigenvalue weighted by Crippen LogP contribution is 2.49. The highest BCUT2D eigenvalue weighted by atomic mass is 16.5. The van der Waals surface area contributed by atoms with E-state index in [2.05, 4.69) is 75.5 Å². The van der Waals surface area contributed by atoms with Crippen molar-refractivity contribution in [3.63, 3.8) is 0 Å². The van der Waals surface area contributed by atoms with Crippen LogP contribution in [0, 0.1) is 6.92 Å². The summed E-state index contributed by atoms with van der Waals surface area (Å²) < 4.78 is 5.13. The first kappa shape index (κ1) is 19.2. The van der Waals surface area contributed by atoms with Gasteiger partial charge in [0.15, 0.2) is 6.33 Å². The maximum Gasteiger partial charge on any atom is 0.295 e. The predicted octanol–water partition coefficient (Wildman–Crippen LogP) is 4.87. The number of fused-ring (bicyclic) bond motifs is 1. The van der Waals surface area contributed by atoms with Crippen molar-refractivity contribution in [2.75, 3.05) is 11.4 Å². The summed E-state index contributed by atoms with van der Waals surface area (Å²) in [5.41, 5.74) is 7.81. The highest BCUT2D eigenvalue weighted by molar-refractivity contribution is 5.53. The van der Waals surface area contributed by atoms with Gasteiger partial charge in [0.2, 0.25) is 5.82 Å². The SMILES string of the molecule is Cc1ccc(C2(c3ccc(N4CCc5cnc(-c6ncno6)nc5C4)cc3)CCC2)cc1. The van der Waals surface area contributed by atoms with Gasteiger partial charge in [0.1, 0.15) is 0 Å². The molecule has 0 radical (unpaired) electrons. The molecule has 1 saturated carbocycles. The van der Waals surface area contributed by atoms with Crippen molar-refractivity contribution >= 4 is 5.69 Å². The van der Waals surface area contributed by atoms with Gasteiger partial charge in [-0.2, -0.15) is 4.98 Å². The van der Waals surface area contributed by atoms with E-state index in [1.807, 2.05) is 6.20 Å². The summed E-state index contributed by atoms with van der Waals surface area (Å²) in [6, 6.07) is 18.3. The minimum atomic E-state index is 0.174. The minimum Gasteiger partial charge on any atom is -0.365 e. The fourth-order valence-electron chi connectivity index (χ4n) is 5.04. The van der Waals surface area contributed by atoms with E-state index < -0.39 is 0 Å². The third-order valence-corrected chi connectivity index (χ3v) is 7.09. The summed E-state index contributed by atoms with van der Waals surface area (Å²) in [6.07, 6.45) is 7.93. The van der Waals surface area contributed by atoms with Crippen LogP contribution in [0.3, 0.4) is 0 Å². The first-order chi connectivity index (χ1) is 15.7. The quantitative estimate of drug-likeness (QED) is 0.467. The smallest absolute Gasteiger partial charge is 0.295 e. The first-order valence-electron chi connectivity index (χ1n) is 11.3. The molecule has 6 heteroatoms. The van der Waals surface area contributed by atoms with Crippen molar-refractivity contribution in [3.05, 3.63) is 89.0 Å². The van der Waals surface area contributed by atoms with E-state index in [-0.39, 0.29) is 5.41 Å². The van der Waals surface area contributed by atoms with Gasteiger partial charge in [0.05, 0.1) is 12.2 Å². The first-order valence-corrected chi connectivity index (χ1v) is 11.3. The van der Waals surface area contributed by atoms with E-state index in [1.54, 1.807) is 0 Å². The third-order valence-electron chi connectivity index (χ3n) is 7.09. The Morgan fingerprint density at radius 2 is 1.69 bits per heavy atom. The Balaban J connectivity index is 1.25. The molecule has 0 saturated heterocycles. The molecule has 2 aliphatic rings. The zero-order valence-corrected chi connectivity index (χ0v) is 18.2. The van der Waals surface area contributed by atoms with E-state index in [4.69, 9.17) is 9.51 Å². The highest BCUT2D eigenvalue weighted by Gasteiger charge is 2.40. The molecule has 0 atom stereocenters. The second-order valence-electron chi connectivity index (χ2n) is 8.93. The van der Waals surface area contributed by atoms with E-state index in [0.717, 1.165) is 25.2 Å². The van der Waals surface area contributed by atoms with Crippen LogP contribution in [0.4, 0.5) is 5.69 Å². The van der Waals surface area contributed by atoms with Gasteiger partial charge in [-0.25, -0.2) is 9.97 Å². The van der Waals surface area contributed by atoms with E-state index in [9.17, 15) is 0 Å². The largest absolute Gasteiger partial charge is 0.365 e. The average molecular weight is 424 g/mol. The zero-order chi connectivity index (χ0) is 21.5. The number of aromatic nitrogens is 4. The lowest BCUT2D eigenvalue weighted by Crippen LogP contribution is -2.35. The van der Waals surface area contributed by atoms with Gasteiger partial charge in [-0.15, -0.1) is 0 Å². The van der Waals surface area contributed by atoms with Gasteiger partial charge in [0.25, 0.3) is 5.89 Å². The number of nitrogens with zero attached hydrogens (tertiary/aromatic N) is 5. The Kier molecular flexibility index (Phi) is 4.52. The molecule has 32 heavy (non-hydrogen) atoms. The van der Waals surface area contributed by atoms with Gasteiger partial charge in [-0.3, -0.25) is 0 Å². The number of anilines is 1. The third kappa shape index (κ3) is 3.18. The number of aryl methyl sites for hydroxylation is 1. The van der Waals surface area contributed by atoms with E-state index in [1.165, 1.54) is 53.5 Å². The van der Waals surface area contributed by atoms with Crippen LogP contribution in [0.2, 0.25) is 0 Å². The fraction of sp³-hybridized carbons (Fsp3) is 0.308. The molecule has 6 rings (SSSR count). The van der Waals surface area contributed by atoms with Crippen LogP contribution in [-0.2, 0) is 18.4 Å². The Hall–Kier alpha value is -3.54. The molecule has 6 nitrogen and oxygen atoms in total. The molecule has 160 valence electrons. The fourth-order valence-corrected chi connectivity index (χ4v) is 5.04. The van der Waals surface area contributed by atoms with E-state index in [0.29, 0.717) is 11.7 Å². The summed E-state index contributed by atoms with van der Waals surface area (Å²) in [4.78, 5) is 15.6. The maximum atomic E-state index is 5.13. The van der Waals surface area contributed by atoms with Crippen LogP contribution < -0.4 is 4.90 Å². The summed E-state index contributed by atoms with van der Waals surface area (Å²) in [6.45, 7) is 3.86. The second kappa shape index (κ2) is 7.55. The average Bonchev–Trinajstić information content (AvgIpc) is 3.34. The van der Waals surface area contributed by atoms with Gasteiger partial charge in [-0.1, -0.05) is 53.5 Å². The van der Waals surface area contributed by atoms with Crippen molar-refractivity contribution in [2.45, 2.75) is 44.6 Å². The predicted molar refractivity (Wildman–Crippen MR) is 122 cm³/mol. The molecular weight excluding hydrogens is 398 g/mol. The topological polar surface area (TPSA) is 67.9 Å². The monoisotopic (exact) mass is 423 g/mol. The molecule has 1 fully saturated rings. The number of benzene rings is 2. The summed E-state index contributed by atoms with van der Waals surface area (Å²) in [5, 5.41) is 3.66. The summed E-state index contributed by atoms with van der Waals surface area (Å²) >= 11 is 0. The lowest BCUT2D eigenvalue weighted by molar-refractivity contribution is 0.301. The minimum absolute atomic E-state index is 0.174. The Morgan fingerprint density at radius 1 is 0.938 bits per heavy atom. The Morgan fingerprint density at radius 3 is 2.34 bits per heavy atom. The second-order valence-corrected chi connectivity index (χ2v) is 8.93. The molecule has 0 bridgehead atoms. The molecule has 0 N–H and O–H groups in total. The van der Waals surface area contributed by atoms with Crippen LogP contribution >= 0.6 is 0 Å². The molecule has 0 unspecified atom stereocenters. The molecule has 4 aromatic rings. The maximum absolute atomic E-state index is 5.13. The zero-order valence-electron chi connectivity index (χ0n) is 18.2. The lowest BCUT2D eigenvalue weighted by Gasteiger charge is -2.43. The van der Waals surface area contributed by atoms with Crippen molar-refractivity contribution in [3.8, 4) is 11.7 Å². The number of rotatable bonds is 4. The number of hydrogen-bond donors (Lipinski definition) is 0. The van der Waals surface area contributed by atoms with Crippen LogP contribution in [0.1, 0.15) is 47.2 Å². The molecule has 1 aliphatic carbocycles. The molecule has 2 aromatic carbocycles. The van der Waals surface area contributed by atoms with Crippen LogP contribution in [-0.4, -0.2) is 26.7 Å². The Labute approximate surface area is 187 Å². The number of hydrogen-bond acceptors (Lipinski definition) is 6. The normalized spacial score (nSPS) is 17.0.